The average Bonchev–Trinajstić information content (AvgIpc) is 1.85. The summed E-state index contributed by atoms with van der Waals surface area (Å²) in [6.45, 7) is 0. The van der Waals surface area contributed by atoms with Crippen LogP contribution in [0.2, 0.25) is 0 Å². The molecule has 0 saturated heterocycles. The fourth-order valence-corrected chi connectivity index (χ4v) is 0.375. The van der Waals surface area contributed by atoms with E-state index >= 15 is 0 Å². The van der Waals surface area contributed by atoms with Gasteiger partial charge in [0.1, 0.15) is 0 Å². The fraction of sp³-hybridized carbons (Fsp3) is 0. The summed E-state index contributed by atoms with van der Waals surface area (Å²) in [5, 5.41) is 0. The maximum absolute atomic E-state index is 11.7. The van der Waals surface area contributed by atoms with Gasteiger partial charge in [0.25, 0.3) is 0 Å². The molecule has 8 heavy (non-hydrogen) atoms. The van der Waals surface area contributed by atoms with E-state index < -0.39 is 17.7 Å². The van der Waals surface area contributed by atoms with Gasteiger partial charge in [-0.3, -0.25) is 0 Å². The molecule has 1 heterocycles. The molecule has 0 unspecified atom stereocenters. The molecule has 0 bridgehead atoms. The summed E-state index contributed by atoms with van der Waals surface area (Å²) in [5.74, 6) is -3.45. The number of hydrogen-bond acceptors (Lipinski definition) is 0. The summed E-state index contributed by atoms with van der Waals surface area (Å²) in [4.78, 5) is 1.50. The Kier molecular flexibility index (Phi) is 1.00. The summed E-state index contributed by atoms with van der Waals surface area (Å²) in [7, 11) is 0. The molecule has 0 radical (unpaired) electrons. The smallest absolute Gasteiger partial charge is 0.229 e. The average molecular weight is 121 g/mol. The Morgan fingerprint density at radius 1 is 1.25 bits per heavy atom. The van der Waals surface area contributed by atoms with E-state index in [1.165, 1.54) is 4.98 Å². The van der Waals surface area contributed by atoms with E-state index in [9.17, 15) is 13.2 Å². The van der Waals surface area contributed by atoms with Crippen LogP contribution in [0.15, 0.2) is 6.07 Å². The number of aromatic amines is 1. The van der Waals surface area contributed by atoms with Crippen molar-refractivity contribution >= 4 is 0 Å². The molecule has 1 rings (SSSR count). The van der Waals surface area contributed by atoms with Crippen LogP contribution in [0.25, 0.3) is 0 Å². The lowest BCUT2D eigenvalue weighted by atomic mass is 10.6. The third-order valence-corrected chi connectivity index (χ3v) is 0.692. The topological polar surface area (TPSA) is 15.8 Å². The molecule has 0 spiro atoms. The van der Waals surface area contributed by atoms with Gasteiger partial charge < -0.3 is 4.98 Å². The second-order valence-corrected chi connectivity index (χ2v) is 1.28. The Balaban J connectivity index is 3.14. The van der Waals surface area contributed by atoms with Crippen molar-refractivity contribution in [3.05, 3.63) is 23.8 Å². The first-order chi connectivity index (χ1) is 3.70. The molecule has 0 fully saturated rings. The summed E-state index contributed by atoms with van der Waals surface area (Å²) in [6, 6.07) is 0.440. The van der Waals surface area contributed by atoms with Crippen LogP contribution in [-0.2, 0) is 0 Å². The van der Waals surface area contributed by atoms with Crippen molar-refractivity contribution in [2.75, 3.05) is 0 Å². The molecule has 0 saturated carbocycles. The van der Waals surface area contributed by atoms with Crippen molar-refractivity contribution in [3.63, 3.8) is 0 Å². The SMILES string of the molecule is Fc1cc(F)c(F)[nH]1. The van der Waals surface area contributed by atoms with Gasteiger partial charge in [-0.15, -0.1) is 0 Å². The van der Waals surface area contributed by atoms with Crippen molar-refractivity contribution in [2.24, 2.45) is 0 Å². The van der Waals surface area contributed by atoms with Gasteiger partial charge in [0.05, 0.1) is 0 Å². The highest BCUT2D eigenvalue weighted by atomic mass is 19.2. The van der Waals surface area contributed by atoms with E-state index in [-0.39, 0.29) is 0 Å². The first kappa shape index (κ1) is 5.21. The van der Waals surface area contributed by atoms with Crippen LogP contribution in [0.3, 0.4) is 0 Å². The first-order valence-electron chi connectivity index (χ1n) is 1.89. The summed E-state index contributed by atoms with van der Waals surface area (Å²) >= 11 is 0. The Bertz CT molecular complexity index is 174. The van der Waals surface area contributed by atoms with Gasteiger partial charge >= 0.3 is 0 Å². The lowest BCUT2D eigenvalue weighted by Crippen LogP contribution is -1.74. The zero-order chi connectivity index (χ0) is 6.15. The molecular weight excluding hydrogens is 119 g/mol. The van der Waals surface area contributed by atoms with Crippen LogP contribution in [-0.4, -0.2) is 4.98 Å². The molecule has 1 aromatic heterocycles. The van der Waals surface area contributed by atoms with Gasteiger partial charge in [0.2, 0.25) is 5.95 Å². The van der Waals surface area contributed by atoms with E-state index in [1.54, 1.807) is 0 Å². The molecule has 0 amide bonds. The van der Waals surface area contributed by atoms with E-state index in [0.29, 0.717) is 6.07 Å². The highest BCUT2D eigenvalue weighted by molar-refractivity contribution is 4.96. The third kappa shape index (κ3) is 0.685. The van der Waals surface area contributed by atoms with Crippen LogP contribution in [0.4, 0.5) is 13.2 Å². The monoisotopic (exact) mass is 121 g/mol. The second kappa shape index (κ2) is 1.54. The van der Waals surface area contributed by atoms with E-state index in [4.69, 9.17) is 0 Å². The van der Waals surface area contributed by atoms with Crippen molar-refractivity contribution in [1.82, 2.24) is 4.98 Å². The lowest BCUT2D eigenvalue weighted by Gasteiger charge is -1.72. The second-order valence-electron chi connectivity index (χ2n) is 1.28. The molecular formula is C4H2F3N. The van der Waals surface area contributed by atoms with Crippen LogP contribution in [0, 0.1) is 17.7 Å². The maximum atomic E-state index is 11.7. The van der Waals surface area contributed by atoms with Gasteiger partial charge in [-0.2, -0.15) is 8.78 Å². The van der Waals surface area contributed by atoms with Gasteiger partial charge in [0, 0.05) is 6.07 Å². The standard InChI is InChI=1S/C4H2F3N/c5-2-1-3(6)8-4(2)7/h1,8H. The van der Waals surface area contributed by atoms with Crippen molar-refractivity contribution in [3.8, 4) is 0 Å². The van der Waals surface area contributed by atoms with Crippen LogP contribution < -0.4 is 0 Å². The number of halogens is 3. The van der Waals surface area contributed by atoms with E-state index in [2.05, 4.69) is 0 Å². The van der Waals surface area contributed by atoms with E-state index in [0.717, 1.165) is 0 Å². The molecule has 0 aliphatic rings. The molecule has 0 atom stereocenters. The van der Waals surface area contributed by atoms with Crippen molar-refractivity contribution in [1.29, 1.82) is 0 Å². The zero-order valence-corrected chi connectivity index (χ0v) is 3.71. The molecule has 4 heteroatoms. The fourth-order valence-electron chi connectivity index (χ4n) is 0.375. The summed E-state index contributed by atoms with van der Waals surface area (Å²) in [6.07, 6.45) is 0. The van der Waals surface area contributed by atoms with Crippen molar-refractivity contribution in [2.45, 2.75) is 0 Å². The van der Waals surface area contributed by atoms with E-state index in [1.807, 2.05) is 0 Å². The molecule has 1 aromatic rings. The number of rotatable bonds is 0. The third-order valence-electron chi connectivity index (χ3n) is 0.692. The highest BCUT2D eigenvalue weighted by Gasteiger charge is 2.03. The quantitative estimate of drug-likeness (QED) is 0.534. The zero-order valence-electron chi connectivity index (χ0n) is 3.71. The summed E-state index contributed by atoms with van der Waals surface area (Å²) in [5.41, 5.74) is 0. The van der Waals surface area contributed by atoms with Crippen LogP contribution in [0.5, 0.6) is 0 Å². The molecule has 0 aliphatic heterocycles. The molecule has 44 valence electrons. The van der Waals surface area contributed by atoms with Crippen LogP contribution in [0.1, 0.15) is 0 Å². The molecule has 1 nitrogen and oxygen atoms in total. The lowest BCUT2D eigenvalue weighted by molar-refractivity contribution is 0.485. The largest absolute Gasteiger partial charge is 0.306 e. The molecule has 0 aliphatic carbocycles. The molecule has 0 aromatic carbocycles. The highest BCUT2D eigenvalue weighted by Crippen LogP contribution is 2.03. The Morgan fingerprint density at radius 3 is 2.00 bits per heavy atom. The number of hydrogen-bond donors (Lipinski definition) is 1. The Morgan fingerprint density at radius 2 is 1.88 bits per heavy atom. The maximum Gasteiger partial charge on any atom is 0.229 e. The predicted molar refractivity (Wildman–Crippen MR) is 20.7 cm³/mol. The summed E-state index contributed by atoms with van der Waals surface area (Å²) < 4.78 is 35.0. The minimum absolute atomic E-state index is 0.440. The number of nitrogens with one attached hydrogen (secondary N) is 1. The van der Waals surface area contributed by atoms with Gasteiger partial charge in [0.15, 0.2) is 11.8 Å². The van der Waals surface area contributed by atoms with Gasteiger partial charge in [-0.1, -0.05) is 0 Å². The van der Waals surface area contributed by atoms with Gasteiger partial charge in [-0.25, -0.2) is 4.39 Å². The first-order valence-corrected chi connectivity index (χ1v) is 1.89. The minimum atomic E-state index is -1.26. The molecule has 1 N–H and O–H groups in total. The normalized spacial score (nSPS) is 9.88. The Hall–Kier alpha value is -0.930. The van der Waals surface area contributed by atoms with Crippen LogP contribution >= 0.6 is 0 Å². The number of H-pyrrole nitrogens is 1. The van der Waals surface area contributed by atoms with Gasteiger partial charge in [-0.05, 0) is 0 Å². The predicted octanol–water partition coefficient (Wildman–Crippen LogP) is 1.43. The van der Waals surface area contributed by atoms with Crippen molar-refractivity contribution < 1.29 is 13.2 Å². The Labute approximate surface area is 43.1 Å². The number of aromatic nitrogens is 1. The minimum Gasteiger partial charge on any atom is -0.306 e.